The molecule has 1 saturated carbocycles. The highest BCUT2D eigenvalue weighted by Crippen LogP contribution is 2.44. The molecular formula is C24H26ClNO4S. The third-order valence-corrected chi connectivity index (χ3v) is 8.48. The molecule has 31 heavy (non-hydrogen) atoms. The van der Waals surface area contributed by atoms with Gasteiger partial charge in [0, 0.05) is 11.1 Å². The van der Waals surface area contributed by atoms with Crippen LogP contribution in [0.2, 0.25) is 5.02 Å². The quantitative estimate of drug-likeness (QED) is 0.631. The van der Waals surface area contributed by atoms with Crippen LogP contribution in [-0.4, -0.2) is 29.8 Å². The first kappa shape index (κ1) is 22.1. The van der Waals surface area contributed by atoms with Crippen molar-refractivity contribution in [3.05, 3.63) is 76.3 Å². The molecule has 5 nitrogen and oxygen atoms in total. The maximum atomic E-state index is 13.8. The van der Waals surface area contributed by atoms with Crippen molar-refractivity contribution in [1.82, 2.24) is 4.31 Å². The molecule has 1 aliphatic carbocycles. The Balaban J connectivity index is 1.82. The van der Waals surface area contributed by atoms with Crippen molar-refractivity contribution in [2.75, 3.05) is 0 Å². The van der Waals surface area contributed by atoms with E-state index < -0.39 is 28.1 Å². The number of carbonyl (C=O) groups is 1. The predicted molar refractivity (Wildman–Crippen MR) is 120 cm³/mol. The fraction of sp³-hybridized carbons (Fsp3) is 0.375. The van der Waals surface area contributed by atoms with Crippen LogP contribution in [0.25, 0.3) is 0 Å². The Bertz CT molecular complexity index is 1090. The van der Waals surface area contributed by atoms with Crippen LogP contribution in [0.4, 0.5) is 0 Å². The van der Waals surface area contributed by atoms with Crippen LogP contribution >= 0.6 is 11.6 Å². The SMILES string of the molecule is Cc1ccc(S(=O)(=O)N2[C@@H](c3ccc(Cl)cc3)C(C(=O)O)=C[C@H]2CC2CCCC2)cc1. The lowest BCUT2D eigenvalue weighted by molar-refractivity contribution is -0.133. The van der Waals surface area contributed by atoms with Gasteiger partial charge in [-0.2, -0.15) is 4.31 Å². The molecule has 0 aromatic heterocycles. The minimum absolute atomic E-state index is 0.0982. The smallest absolute Gasteiger partial charge is 0.333 e. The van der Waals surface area contributed by atoms with Gasteiger partial charge in [0.25, 0.3) is 0 Å². The van der Waals surface area contributed by atoms with Crippen LogP contribution in [0.3, 0.4) is 0 Å². The van der Waals surface area contributed by atoms with Crippen molar-refractivity contribution in [1.29, 1.82) is 0 Å². The van der Waals surface area contributed by atoms with Crippen LogP contribution in [0.15, 0.2) is 65.1 Å². The molecule has 0 amide bonds. The molecule has 164 valence electrons. The number of hydrogen-bond donors (Lipinski definition) is 1. The number of carboxylic acids is 1. The van der Waals surface area contributed by atoms with E-state index in [1.807, 2.05) is 6.92 Å². The van der Waals surface area contributed by atoms with Gasteiger partial charge in [-0.15, -0.1) is 0 Å². The van der Waals surface area contributed by atoms with Gasteiger partial charge in [0.15, 0.2) is 0 Å². The van der Waals surface area contributed by atoms with Crippen LogP contribution in [-0.2, 0) is 14.8 Å². The maximum Gasteiger partial charge on any atom is 0.333 e. The third kappa shape index (κ3) is 4.43. The highest BCUT2D eigenvalue weighted by atomic mass is 35.5. The lowest BCUT2D eigenvalue weighted by atomic mass is 9.98. The predicted octanol–water partition coefficient (Wildman–Crippen LogP) is 5.35. The maximum absolute atomic E-state index is 13.8. The second-order valence-electron chi connectivity index (χ2n) is 8.48. The normalized spacial score (nSPS) is 22.6. The molecule has 1 aliphatic heterocycles. The van der Waals surface area contributed by atoms with Crippen molar-refractivity contribution >= 4 is 27.6 Å². The summed E-state index contributed by atoms with van der Waals surface area (Å²) in [7, 11) is -3.94. The number of rotatable bonds is 6. The first-order valence-electron chi connectivity index (χ1n) is 10.6. The Labute approximate surface area is 188 Å². The summed E-state index contributed by atoms with van der Waals surface area (Å²) in [5, 5.41) is 10.5. The second kappa shape index (κ2) is 8.77. The molecular weight excluding hydrogens is 434 g/mol. The Morgan fingerprint density at radius 3 is 2.26 bits per heavy atom. The van der Waals surface area contributed by atoms with Gasteiger partial charge >= 0.3 is 5.97 Å². The molecule has 0 spiro atoms. The molecule has 7 heteroatoms. The van der Waals surface area contributed by atoms with Crippen molar-refractivity contribution in [3.8, 4) is 0 Å². The monoisotopic (exact) mass is 459 g/mol. The largest absolute Gasteiger partial charge is 0.478 e. The lowest BCUT2D eigenvalue weighted by Gasteiger charge is -2.32. The molecule has 2 aliphatic rings. The van der Waals surface area contributed by atoms with Crippen LogP contribution < -0.4 is 0 Å². The Kier molecular flexibility index (Phi) is 6.24. The first-order chi connectivity index (χ1) is 14.8. The number of aryl methyl sites for hydroxylation is 1. The summed E-state index contributed by atoms with van der Waals surface area (Å²) >= 11 is 6.03. The molecule has 0 unspecified atom stereocenters. The van der Waals surface area contributed by atoms with E-state index in [-0.39, 0.29) is 10.5 Å². The number of halogens is 1. The number of nitrogens with zero attached hydrogens (tertiary/aromatic N) is 1. The van der Waals surface area contributed by atoms with Crippen molar-refractivity contribution < 1.29 is 18.3 Å². The number of hydrogen-bond acceptors (Lipinski definition) is 3. The second-order valence-corrected chi connectivity index (χ2v) is 10.8. The van der Waals surface area contributed by atoms with Gasteiger partial charge in [-0.25, -0.2) is 13.2 Å². The summed E-state index contributed by atoms with van der Waals surface area (Å²) < 4.78 is 29.1. The number of carboxylic acid groups (broad SMARTS) is 1. The topological polar surface area (TPSA) is 74.7 Å². The summed E-state index contributed by atoms with van der Waals surface area (Å²) in [6.07, 6.45) is 6.65. The number of sulfonamides is 1. The minimum atomic E-state index is -3.94. The average molecular weight is 460 g/mol. The van der Waals surface area contributed by atoms with E-state index in [2.05, 4.69) is 0 Å². The minimum Gasteiger partial charge on any atom is -0.478 e. The average Bonchev–Trinajstić information content (AvgIpc) is 3.37. The summed E-state index contributed by atoms with van der Waals surface area (Å²) in [6.45, 7) is 1.90. The molecule has 2 aromatic rings. The molecule has 0 bridgehead atoms. The Hall–Kier alpha value is -2.15. The van der Waals surface area contributed by atoms with Gasteiger partial charge in [0.2, 0.25) is 10.0 Å². The molecule has 1 heterocycles. The number of aliphatic carboxylic acids is 1. The molecule has 2 aromatic carbocycles. The fourth-order valence-electron chi connectivity index (χ4n) is 4.77. The van der Waals surface area contributed by atoms with E-state index in [0.717, 1.165) is 31.2 Å². The van der Waals surface area contributed by atoms with E-state index in [1.54, 1.807) is 54.6 Å². The van der Waals surface area contributed by atoms with Crippen LogP contribution in [0.5, 0.6) is 0 Å². The highest BCUT2D eigenvalue weighted by Gasteiger charge is 2.46. The van der Waals surface area contributed by atoms with Crippen LogP contribution in [0, 0.1) is 12.8 Å². The van der Waals surface area contributed by atoms with Crippen LogP contribution in [0.1, 0.15) is 49.3 Å². The standard InChI is InChI=1S/C24H26ClNO4S/c1-16-6-12-21(13-7-16)31(29,30)26-20(14-17-4-2-3-5-17)15-22(24(27)28)23(26)18-8-10-19(25)11-9-18/h6-13,15,17,20,23H,2-5,14H2,1H3,(H,27,28)/t20-,23+/m1/s1. The first-order valence-corrected chi connectivity index (χ1v) is 12.4. The zero-order valence-corrected chi connectivity index (χ0v) is 18.9. The zero-order chi connectivity index (χ0) is 22.2. The molecule has 0 saturated heterocycles. The highest BCUT2D eigenvalue weighted by molar-refractivity contribution is 7.89. The van der Waals surface area contributed by atoms with E-state index >= 15 is 0 Å². The summed E-state index contributed by atoms with van der Waals surface area (Å²) in [6, 6.07) is 12.1. The summed E-state index contributed by atoms with van der Waals surface area (Å²) in [5.74, 6) is -0.700. The van der Waals surface area contributed by atoms with Gasteiger partial charge < -0.3 is 5.11 Å². The van der Waals surface area contributed by atoms with Gasteiger partial charge in [0.1, 0.15) is 0 Å². The van der Waals surface area contributed by atoms with E-state index in [1.165, 1.54) is 4.31 Å². The molecule has 1 N–H and O–H groups in total. The zero-order valence-electron chi connectivity index (χ0n) is 17.4. The summed E-state index contributed by atoms with van der Waals surface area (Å²) in [5.41, 5.74) is 1.66. The van der Waals surface area contributed by atoms with Gasteiger partial charge in [-0.1, -0.05) is 73.2 Å². The van der Waals surface area contributed by atoms with E-state index in [0.29, 0.717) is 22.9 Å². The van der Waals surface area contributed by atoms with E-state index in [4.69, 9.17) is 11.6 Å². The fourth-order valence-corrected chi connectivity index (χ4v) is 6.63. The molecule has 2 atom stereocenters. The summed E-state index contributed by atoms with van der Waals surface area (Å²) in [4.78, 5) is 12.3. The van der Waals surface area contributed by atoms with Crippen molar-refractivity contribution in [2.24, 2.45) is 5.92 Å². The van der Waals surface area contributed by atoms with E-state index in [9.17, 15) is 18.3 Å². The van der Waals surface area contributed by atoms with Crippen molar-refractivity contribution in [3.63, 3.8) is 0 Å². The molecule has 1 fully saturated rings. The third-order valence-electron chi connectivity index (χ3n) is 6.33. The Morgan fingerprint density at radius 1 is 1.06 bits per heavy atom. The Morgan fingerprint density at radius 2 is 1.68 bits per heavy atom. The molecule has 0 radical (unpaired) electrons. The van der Waals surface area contributed by atoms with Gasteiger partial charge in [-0.3, -0.25) is 0 Å². The van der Waals surface area contributed by atoms with Gasteiger partial charge in [0.05, 0.1) is 16.5 Å². The lowest BCUT2D eigenvalue weighted by Crippen LogP contribution is -2.39. The van der Waals surface area contributed by atoms with Crippen molar-refractivity contribution in [2.45, 2.75) is 56.0 Å². The van der Waals surface area contributed by atoms with Gasteiger partial charge in [-0.05, 0) is 49.1 Å². The number of benzene rings is 2. The molecule has 4 rings (SSSR count).